The van der Waals surface area contributed by atoms with Gasteiger partial charge in [-0.2, -0.15) is 0 Å². The second-order valence-electron chi connectivity index (χ2n) is 4.43. The molecule has 5 nitrogen and oxygen atoms in total. The van der Waals surface area contributed by atoms with Crippen LogP contribution in [0.5, 0.6) is 0 Å². The topological polar surface area (TPSA) is 69.6 Å². The molecule has 1 fully saturated rings. The first-order valence-corrected chi connectivity index (χ1v) is 5.93. The molecule has 1 aromatic carbocycles. The maximum absolute atomic E-state index is 11.5. The number of aromatic carboxylic acids is 1. The van der Waals surface area contributed by atoms with Gasteiger partial charge in [-0.1, -0.05) is 0 Å². The third-order valence-electron chi connectivity index (χ3n) is 3.05. The van der Waals surface area contributed by atoms with Crippen molar-refractivity contribution >= 4 is 17.6 Å². The lowest BCUT2D eigenvalue weighted by atomic mass is 10.1. The third-order valence-corrected chi connectivity index (χ3v) is 3.05. The molecule has 0 bridgehead atoms. The van der Waals surface area contributed by atoms with Crippen molar-refractivity contribution in [2.75, 3.05) is 24.5 Å². The quantitative estimate of drug-likeness (QED) is 0.819. The molecular weight excluding hydrogens is 232 g/mol. The number of hydrogen-bond acceptors (Lipinski definition) is 3. The van der Waals surface area contributed by atoms with Crippen molar-refractivity contribution in [2.24, 2.45) is 0 Å². The molecule has 5 heteroatoms. The van der Waals surface area contributed by atoms with Crippen molar-refractivity contribution in [2.45, 2.75) is 13.3 Å². The summed E-state index contributed by atoms with van der Waals surface area (Å²) in [5, 5.41) is 11.7. The molecule has 0 atom stereocenters. The predicted octanol–water partition coefficient (Wildman–Crippen LogP) is 1.02. The Bertz CT molecular complexity index is 485. The number of carboxylic acid groups (broad SMARTS) is 1. The molecule has 0 spiro atoms. The summed E-state index contributed by atoms with van der Waals surface area (Å²) in [7, 11) is 0. The highest BCUT2D eigenvalue weighted by molar-refractivity contribution is 5.89. The van der Waals surface area contributed by atoms with E-state index in [2.05, 4.69) is 5.32 Å². The Morgan fingerprint density at radius 1 is 1.44 bits per heavy atom. The van der Waals surface area contributed by atoms with E-state index in [9.17, 15) is 9.59 Å². The molecule has 18 heavy (non-hydrogen) atoms. The number of carboxylic acids is 1. The van der Waals surface area contributed by atoms with Crippen LogP contribution in [-0.2, 0) is 4.79 Å². The minimum absolute atomic E-state index is 0.00853. The number of amides is 1. The SMILES string of the molecule is Cc1cc(C(=O)O)ccc1N1CCCNC(=O)C1. The lowest BCUT2D eigenvalue weighted by Gasteiger charge is -2.23. The van der Waals surface area contributed by atoms with Crippen molar-refractivity contribution in [1.29, 1.82) is 0 Å². The van der Waals surface area contributed by atoms with Gasteiger partial charge in [0.25, 0.3) is 0 Å². The summed E-state index contributed by atoms with van der Waals surface area (Å²) >= 11 is 0. The molecule has 0 aromatic heterocycles. The van der Waals surface area contributed by atoms with Crippen LogP contribution in [0.25, 0.3) is 0 Å². The van der Waals surface area contributed by atoms with Gasteiger partial charge in [0.05, 0.1) is 12.1 Å². The summed E-state index contributed by atoms with van der Waals surface area (Å²) in [6.07, 6.45) is 0.895. The predicted molar refractivity (Wildman–Crippen MR) is 68.0 cm³/mol. The van der Waals surface area contributed by atoms with E-state index in [1.54, 1.807) is 18.2 Å². The van der Waals surface area contributed by atoms with Crippen molar-refractivity contribution in [3.8, 4) is 0 Å². The summed E-state index contributed by atoms with van der Waals surface area (Å²) in [6, 6.07) is 4.99. The van der Waals surface area contributed by atoms with E-state index < -0.39 is 5.97 Å². The number of nitrogens with zero attached hydrogens (tertiary/aromatic N) is 1. The molecule has 1 aromatic rings. The zero-order valence-electron chi connectivity index (χ0n) is 10.3. The molecule has 0 unspecified atom stereocenters. The first kappa shape index (κ1) is 12.4. The van der Waals surface area contributed by atoms with Crippen LogP contribution in [-0.4, -0.2) is 36.6 Å². The van der Waals surface area contributed by atoms with Gasteiger partial charge in [-0.3, -0.25) is 4.79 Å². The monoisotopic (exact) mass is 248 g/mol. The van der Waals surface area contributed by atoms with E-state index >= 15 is 0 Å². The Balaban J connectivity index is 2.27. The second-order valence-corrected chi connectivity index (χ2v) is 4.43. The van der Waals surface area contributed by atoms with E-state index in [0.717, 1.165) is 24.2 Å². The molecule has 2 rings (SSSR count). The largest absolute Gasteiger partial charge is 0.478 e. The number of carbonyl (C=O) groups excluding carboxylic acids is 1. The minimum Gasteiger partial charge on any atom is -0.478 e. The second kappa shape index (κ2) is 5.08. The average molecular weight is 248 g/mol. The normalized spacial score (nSPS) is 16.1. The van der Waals surface area contributed by atoms with Crippen molar-refractivity contribution in [3.63, 3.8) is 0 Å². The van der Waals surface area contributed by atoms with E-state index in [0.29, 0.717) is 13.1 Å². The Kier molecular flexibility index (Phi) is 3.50. The van der Waals surface area contributed by atoms with Crippen LogP contribution in [0.3, 0.4) is 0 Å². The zero-order valence-corrected chi connectivity index (χ0v) is 10.3. The molecule has 2 N–H and O–H groups in total. The maximum atomic E-state index is 11.5. The van der Waals surface area contributed by atoms with Crippen LogP contribution in [0.4, 0.5) is 5.69 Å². The number of rotatable bonds is 2. The smallest absolute Gasteiger partial charge is 0.335 e. The fourth-order valence-electron chi connectivity index (χ4n) is 2.15. The third kappa shape index (κ3) is 2.61. The number of carbonyl (C=O) groups is 2. The lowest BCUT2D eigenvalue weighted by Crippen LogP contribution is -2.33. The van der Waals surface area contributed by atoms with Crippen molar-refractivity contribution < 1.29 is 14.7 Å². The zero-order chi connectivity index (χ0) is 13.1. The summed E-state index contributed by atoms with van der Waals surface area (Å²) in [5.74, 6) is -0.924. The Hall–Kier alpha value is -2.04. The van der Waals surface area contributed by atoms with Gasteiger partial charge in [-0.15, -0.1) is 0 Å². The van der Waals surface area contributed by atoms with Crippen LogP contribution in [0.1, 0.15) is 22.3 Å². The first-order valence-electron chi connectivity index (χ1n) is 5.93. The summed E-state index contributed by atoms with van der Waals surface area (Å²) in [5.41, 5.74) is 2.08. The maximum Gasteiger partial charge on any atom is 0.335 e. The summed E-state index contributed by atoms with van der Waals surface area (Å²) in [6.45, 7) is 3.69. The van der Waals surface area contributed by atoms with Gasteiger partial charge in [0.1, 0.15) is 0 Å². The van der Waals surface area contributed by atoms with Gasteiger partial charge in [0.2, 0.25) is 5.91 Å². The number of hydrogen-bond donors (Lipinski definition) is 2. The molecule has 1 saturated heterocycles. The van der Waals surface area contributed by atoms with Gasteiger partial charge < -0.3 is 15.3 Å². The average Bonchev–Trinajstić information content (AvgIpc) is 2.53. The minimum atomic E-state index is -0.932. The van der Waals surface area contributed by atoms with Gasteiger partial charge in [0, 0.05) is 18.8 Å². The fourth-order valence-corrected chi connectivity index (χ4v) is 2.15. The molecule has 0 aliphatic carbocycles. The van der Waals surface area contributed by atoms with Crippen LogP contribution >= 0.6 is 0 Å². The van der Waals surface area contributed by atoms with Crippen LogP contribution < -0.4 is 10.2 Å². The van der Waals surface area contributed by atoms with Gasteiger partial charge in [0.15, 0.2) is 0 Å². The van der Waals surface area contributed by atoms with Gasteiger partial charge >= 0.3 is 5.97 Å². The van der Waals surface area contributed by atoms with E-state index in [-0.39, 0.29) is 11.5 Å². The van der Waals surface area contributed by atoms with Crippen molar-refractivity contribution in [3.05, 3.63) is 29.3 Å². The van der Waals surface area contributed by atoms with E-state index in [1.165, 1.54) is 0 Å². The molecule has 1 aliphatic heterocycles. The number of nitrogens with one attached hydrogen (secondary N) is 1. The highest BCUT2D eigenvalue weighted by atomic mass is 16.4. The fraction of sp³-hybridized carbons (Fsp3) is 0.385. The molecule has 1 heterocycles. The Morgan fingerprint density at radius 2 is 2.22 bits per heavy atom. The van der Waals surface area contributed by atoms with Gasteiger partial charge in [-0.25, -0.2) is 4.79 Å². The first-order chi connectivity index (χ1) is 8.58. The number of anilines is 1. The Morgan fingerprint density at radius 3 is 2.89 bits per heavy atom. The number of benzene rings is 1. The standard InChI is InChI=1S/C13H16N2O3/c1-9-7-10(13(17)18)3-4-11(9)15-6-2-5-14-12(16)8-15/h3-4,7H,2,5-6,8H2,1H3,(H,14,16)(H,17,18). The molecule has 1 aliphatic rings. The highest BCUT2D eigenvalue weighted by Gasteiger charge is 2.17. The molecule has 96 valence electrons. The van der Waals surface area contributed by atoms with Gasteiger partial charge in [-0.05, 0) is 37.1 Å². The van der Waals surface area contributed by atoms with E-state index in [4.69, 9.17) is 5.11 Å². The van der Waals surface area contributed by atoms with Crippen LogP contribution in [0.2, 0.25) is 0 Å². The summed E-state index contributed by atoms with van der Waals surface area (Å²) in [4.78, 5) is 24.4. The highest BCUT2D eigenvalue weighted by Crippen LogP contribution is 2.22. The number of aryl methyl sites for hydroxylation is 1. The molecular formula is C13H16N2O3. The molecule has 0 saturated carbocycles. The Labute approximate surface area is 105 Å². The van der Waals surface area contributed by atoms with Crippen LogP contribution in [0, 0.1) is 6.92 Å². The molecule has 1 amide bonds. The van der Waals surface area contributed by atoms with E-state index in [1.807, 2.05) is 11.8 Å². The summed E-state index contributed by atoms with van der Waals surface area (Å²) < 4.78 is 0. The van der Waals surface area contributed by atoms with Crippen LogP contribution in [0.15, 0.2) is 18.2 Å². The molecule has 0 radical (unpaired) electrons. The van der Waals surface area contributed by atoms with Crippen molar-refractivity contribution in [1.82, 2.24) is 5.32 Å². The lowest BCUT2D eigenvalue weighted by molar-refractivity contribution is -0.119.